The second-order valence-corrected chi connectivity index (χ2v) is 7.82. The van der Waals surface area contributed by atoms with Crippen molar-refractivity contribution in [1.82, 2.24) is 25.2 Å². The van der Waals surface area contributed by atoms with Crippen molar-refractivity contribution in [2.45, 2.75) is 32.4 Å². The van der Waals surface area contributed by atoms with Crippen molar-refractivity contribution in [3.05, 3.63) is 48.0 Å². The monoisotopic (exact) mass is 434 g/mol. The van der Waals surface area contributed by atoms with E-state index in [1.165, 1.54) is 5.69 Å². The van der Waals surface area contributed by atoms with Crippen molar-refractivity contribution in [2.24, 2.45) is 0 Å². The Hall–Kier alpha value is -2.29. The molecular formula is C21H31ClN6O2. The molecule has 8 nitrogen and oxygen atoms in total. The Kier molecular flexibility index (Phi) is 8.80. The lowest BCUT2D eigenvalue weighted by molar-refractivity contribution is -0.0559. The number of hydrogen-bond acceptors (Lipinski definition) is 5. The van der Waals surface area contributed by atoms with E-state index in [0.717, 1.165) is 57.0 Å². The predicted octanol–water partition coefficient (Wildman–Crippen LogP) is 3.28. The largest absolute Gasteiger partial charge is 0.369 e. The molecule has 0 bridgehead atoms. The van der Waals surface area contributed by atoms with Gasteiger partial charge in [-0.1, -0.05) is 24.9 Å². The minimum absolute atomic E-state index is 0.307. The second kappa shape index (κ2) is 11.8. The number of aromatic nitrogens is 2. The number of piperazine rings is 1. The smallest absolute Gasteiger partial charge is 0.338 e. The summed E-state index contributed by atoms with van der Waals surface area (Å²) in [7, 11) is 0. The van der Waals surface area contributed by atoms with Crippen molar-refractivity contribution in [2.75, 3.05) is 44.2 Å². The summed E-state index contributed by atoms with van der Waals surface area (Å²) in [6.45, 7) is 7.48. The third-order valence-electron chi connectivity index (χ3n) is 5.22. The Morgan fingerprint density at radius 2 is 2.00 bits per heavy atom. The molecule has 1 aliphatic heterocycles. The van der Waals surface area contributed by atoms with Crippen molar-refractivity contribution >= 4 is 23.3 Å². The third kappa shape index (κ3) is 6.90. The molecule has 1 unspecified atom stereocenters. The van der Waals surface area contributed by atoms with Gasteiger partial charge in [-0.05, 0) is 30.7 Å². The highest BCUT2D eigenvalue weighted by Gasteiger charge is 2.20. The Bertz CT molecular complexity index is 747. The zero-order chi connectivity index (χ0) is 21.2. The van der Waals surface area contributed by atoms with E-state index in [1.807, 2.05) is 22.9 Å². The van der Waals surface area contributed by atoms with Gasteiger partial charge in [0.05, 0.1) is 6.33 Å². The van der Waals surface area contributed by atoms with E-state index in [2.05, 4.69) is 44.6 Å². The second-order valence-electron chi connectivity index (χ2n) is 7.39. The minimum atomic E-state index is -0.315. The summed E-state index contributed by atoms with van der Waals surface area (Å²) < 4.78 is 1.87. The first kappa shape index (κ1) is 22.4. The summed E-state index contributed by atoms with van der Waals surface area (Å²) in [4.78, 5) is 26.5. The van der Waals surface area contributed by atoms with Gasteiger partial charge in [0.2, 0.25) is 0 Å². The summed E-state index contributed by atoms with van der Waals surface area (Å²) in [5.41, 5.74) is 3.72. The molecule has 0 spiro atoms. The average molecular weight is 435 g/mol. The van der Waals surface area contributed by atoms with E-state index in [1.54, 1.807) is 12.5 Å². The maximum atomic E-state index is 11.9. The number of halogens is 1. The summed E-state index contributed by atoms with van der Waals surface area (Å²) >= 11 is 5.99. The van der Waals surface area contributed by atoms with Crippen LogP contribution in [0.4, 0.5) is 10.5 Å². The van der Waals surface area contributed by atoms with Crippen molar-refractivity contribution in [3.8, 4) is 0 Å². The molecule has 2 heterocycles. The van der Waals surface area contributed by atoms with E-state index in [0.29, 0.717) is 6.54 Å². The number of imidazole rings is 1. The number of carbonyl (C=O) groups excluding carboxylic acids is 1. The topological polar surface area (TPSA) is 74.7 Å². The molecule has 30 heavy (non-hydrogen) atoms. The fraction of sp³-hybridized carbons (Fsp3) is 0.524. The summed E-state index contributed by atoms with van der Waals surface area (Å²) in [5.74, 6) is 0. The first-order valence-electron chi connectivity index (χ1n) is 10.6. The van der Waals surface area contributed by atoms with E-state index >= 15 is 0 Å². The molecule has 9 heteroatoms. The number of unbranched alkanes of at least 4 members (excludes halogenated alkanes) is 1. The number of hydroxylamine groups is 1. The van der Waals surface area contributed by atoms with E-state index in [4.69, 9.17) is 16.4 Å². The zero-order valence-corrected chi connectivity index (χ0v) is 18.2. The quantitative estimate of drug-likeness (QED) is 0.443. The van der Waals surface area contributed by atoms with E-state index in [9.17, 15) is 4.79 Å². The molecule has 1 atom stereocenters. The fourth-order valence-corrected chi connectivity index (χ4v) is 3.55. The number of nitrogens with one attached hydrogen (secondary N) is 2. The van der Waals surface area contributed by atoms with Gasteiger partial charge in [-0.2, -0.15) is 0 Å². The van der Waals surface area contributed by atoms with E-state index in [-0.39, 0.29) is 12.3 Å². The number of urea groups is 1. The van der Waals surface area contributed by atoms with Crippen molar-refractivity contribution < 1.29 is 9.63 Å². The molecule has 3 rings (SSSR count). The van der Waals surface area contributed by atoms with Gasteiger partial charge in [0, 0.05) is 68.8 Å². The van der Waals surface area contributed by atoms with Gasteiger partial charge in [-0.3, -0.25) is 4.90 Å². The summed E-state index contributed by atoms with van der Waals surface area (Å²) in [6, 6.07) is 7.69. The number of carbonyl (C=O) groups is 1. The highest BCUT2D eigenvalue weighted by Crippen LogP contribution is 2.20. The third-order valence-corrected chi connectivity index (χ3v) is 5.47. The summed E-state index contributed by atoms with van der Waals surface area (Å²) in [6.07, 6.45) is 7.68. The molecule has 1 saturated heterocycles. The van der Waals surface area contributed by atoms with Crippen molar-refractivity contribution in [1.29, 1.82) is 0 Å². The molecule has 2 amide bonds. The van der Waals surface area contributed by atoms with Gasteiger partial charge in [-0.15, -0.1) is 0 Å². The lowest BCUT2D eigenvalue weighted by Gasteiger charge is -2.36. The van der Waals surface area contributed by atoms with Gasteiger partial charge in [0.25, 0.3) is 0 Å². The van der Waals surface area contributed by atoms with Crippen LogP contribution in [0, 0.1) is 0 Å². The van der Waals surface area contributed by atoms with Gasteiger partial charge < -0.3 is 14.8 Å². The molecule has 1 aliphatic rings. The lowest BCUT2D eigenvalue weighted by atomic mass is 10.2. The molecular weight excluding hydrogens is 404 g/mol. The lowest BCUT2D eigenvalue weighted by Crippen LogP contribution is -2.47. The molecule has 0 radical (unpaired) electrons. The Labute approximate surface area is 183 Å². The molecule has 2 aromatic rings. The Morgan fingerprint density at radius 1 is 1.23 bits per heavy atom. The highest BCUT2D eigenvalue weighted by molar-refractivity contribution is 6.30. The van der Waals surface area contributed by atoms with Gasteiger partial charge in [-0.25, -0.2) is 20.1 Å². The highest BCUT2D eigenvalue weighted by atomic mass is 35.5. The number of rotatable bonds is 10. The number of benzene rings is 1. The first-order chi connectivity index (χ1) is 14.7. The van der Waals surface area contributed by atoms with Gasteiger partial charge in [0.1, 0.15) is 0 Å². The normalized spacial score (nSPS) is 15.7. The van der Waals surface area contributed by atoms with Crippen LogP contribution in [-0.4, -0.2) is 59.8 Å². The Morgan fingerprint density at radius 3 is 2.67 bits per heavy atom. The fourth-order valence-electron chi connectivity index (χ4n) is 3.42. The van der Waals surface area contributed by atoms with Gasteiger partial charge >= 0.3 is 6.03 Å². The molecule has 1 fully saturated rings. The van der Waals surface area contributed by atoms with Crippen LogP contribution in [0.1, 0.15) is 32.4 Å². The average Bonchev–Trinajstić information content (AvgIpc) is 3.30. The van der Waals surface area contributed by atoms with Gasteiger partial charge in [0.15, 0.2) is 6.23 Å². The molecule has 1 aromatic heterocycles. The van der Waals surface area contributed by atoms with Crippen LogP contribution in [0.2, 0.25) is 5.02 Å². The predicted molar refractivity (Wildman–Crippen MR) is 119 cm³/mol. The zero-order valence-electron chi connectivity index (χ0n) is 17.5. The van der Waals surface area contributed by atoms with Crippen LogP contribution in [0.3, 0.4) is 0 Å². The van der Waals surface area contributed by atoms with Crippen LogP contribution in [0.25, 0.3) is 0 Å². The number of hydrogen-bond donors (Lipinski definition) is 2. The molecule has 1 aromatic carbocycles. The Balaban J connectivity index is 1.44. The molecule has 2 N–H and O–H groups in total. The standard InChI is InChI=1S/C21H31ClN6O2/c1-2-3-9-24-21(29)25-30-20(28-12-10-23-17-28)8-11-26-13-15-27(16-14-26)19-6-4-18(22)5-7-19/h4-7,10,12,17,20H,2-3,8-9,11,13-16H2,1H3,(H2,24,25,29). The maximum Gasteiger partial charge on any atom is 0.338 e. The maximum absolute atomic E-state index is 11.9. The first-order valence-corrected chi connectivity index (χ1v) is 10.9. The van der Waals surface area contributed by atoms with Crippen LogP contribution in [0.15, 0.2) is 43.0 Å². The van der Waals surface area contributed by atoms with Crippen LogP contribution >= 0.6 is 11.6 Å². The van der Waals surface area contributed by atoms with Crippen molar-refractivity contribution in [3.63, 3.8) is 0 Å². The number of amides is 2. The van der Waals surface area contributed by atoms with E-state index < -0.39 is 0 Å². The molecule has 0 saturated carbocycles. The SMILES string of the molecule is CCCCNC(=O)NOC(CCN1CCN(c2ccc(Cl)cc2)CC1)n1ccnc1. The number of nitrogens with zero attached hydrogens (tertiary/aromatic N) is 4. The molecule has 164 valence electrons. The van der Waals surface area contributed by atoms with Crippen LogP contribution < -0.4 is 15.7 Å². The minimum Gasteiger partial charge on any atom is -0.369 e. The molecule has 0 aliphatic carbocycles. The van der Waals surface area contributed by atoms with Crippen LogP contribution in [0.5, 0.6) is 0 Å². The number of anilines is 1. The van der Waals surface area contributed by atoms with Crippen LogP contribution in [-0.2, 0) is 4.84 Å². The summed E-state index contributed by atoms with van der Waals surface area (Å²) in [5, 5.41) is 3.55.